The largest absolute Gasteiger partial charge is 0.396 e. The number of aliphatic hydroxyl groups is 1. The van der Waals surface area contributed by atoms with Gasteiger partial charge in [-0.15, -0.1) is 0 Å². The van der Waals surface area contributed by atoms with E-state index in [9.17, 15) is 14.4 Å². The first-order chi connectivity index (χ1) is 10.9. The molecular weight excluding hydrogens is 316 g/mol. The predicted molar refractivity (Wildman–Crippen MR) is 89.5 cm³/mol. The van der Waals surface area contributed by atoms with Crippen LogP contribution in [0, 0.1) is 13.8 Å². The molecule has 2 rings (SSSR count). The molecule has 1 saturated heterocycles. The normalized spacial score (nSPS) is 17.7. The fourth-order valence-corrected chi connectivity index (χ4v) is 3.29. The molecule has 2 N–H and O–H groups in total. The van der Waals surface area contributed by atoms with Crippen molar-refractivity contribution in [3.8, 4) is 0 Å². The van der Waals surface area contributed by atoms with Gasteiger partial charge in [0.25, 0.3) is 5.24 Å². The van der Waals surface area contributed by atoms with Gasteiger partial charge in [-0.2, -0.15) is 0 Å². The van der Waals surface area contributed by atoms with Crippen LogP contribution in [0.4, 0.5) is 10.5 Å². The first kappa shape index (κ1) is 17.5. The summed E-state index contributed by atoms with van der Waals surface area (Å²) in [5.41, 5.74) is 2.38. The third kappa shape index (κ3) is 4.11. The first-order valence-electron chi connectivity index (χ1n) is 7.43. The molecule has 1 atom stereocenters. The second kappa shape index (κ2) is 7.61. The number of amides is 3. The van der Waals surface area contributed by atoms with Gasteiger partial charge in [0, 0.05) is 19.6 Å². The summed E-state index contributed by atoms with van der Waals surface area (Å²) in [5, 5.41) is 10.3. The van der Waals surface area contributed by atoms with Crippen LogP contribution in [-0.2, 0) is 9.59 Å². The van der Waals surface area contributed by atoms with Crippen LogP contribution in [0.3, 0.4) is 0 Å². The minimum absolute atomic E-state index is 0.00368. The molecule has 1 aliphatic heterocycles. The Bertz CT molecular complexity index is 633. The van der Waals surface area contributed by atoms with Crippen LogP contribution in [0.5, 0.6) is 0 Å². The number of carbonyl (C=O) groups is 3. The highest BCUT2D eigenvalue weighted by Gasteiger charge is 2.42. The van der Waals surface area contributed by atoms with E-state index < -0.39 is 5.25 Å². The van der Waals surface area contributed by atoms with E-state index in [-0.39, 0.29) is 30.1 Å². The lowest BCUT2D eigenvalue weighted by atomic mass is 10.1. The van der Waals surface area contributed by atoms with Crippen LogP contribution in [0.1, 0.15) is 24.0 Å². The lowest BCUT2D eigenvalue weighted by Crippen LogP contribution is -2.35. The molecule has 7 heteroatoms. The second-order valence-electron chi connectivity index (χ2n) is 5.47. The number of nitrogens with zero attached hydrogens (tertiary/aromatic N) is 1. The number of thioether (sulfide) groups is 1. The SMILES string of the molecule is Cc1ccc(C)c(N2C(=O)SC(CC(=O)NCCCO)C2=O)c1. The average Bonchev–Trinajstić information content (AvgIpc) is 2.76. The van der Waals surface area contributed by atoms with Crippen LogP contribution >= 0.6 is 11.8 Å². The molecule has 124 valence electrons. The summed E-state index contributed by atoms with van der Waals surface area (Å²) in [4.78, 5) is 37.7. The summed E-state index contributed by atoms with van der Waals surface area (Å²) in [6.45, 7) is 4.09. The molecule has 1 unspecified atom stereocenters. The minimum atomic E-state index is -0.698. The quantitative estimate of drug-likeness (QED) is 0.773. The molecule has 1 fully saturated rings. The number of aryl methyl sites for hydroxylation is 2. The molecule has 0 saturated carbocycles. The Hall–Kier alpha value is -1.86. The molecule has 0 bridgehead atoms. The van der Waals surface area contributed by atoms with Crippen molar-refractivity contribution in [3.05, 3.63) is 29.3 Å². The van der Waals surface area contributed by atoms with Crippen LogP contribution in [0.2, 0.25) is 0 Å². The van der Waals surface area contributed by atoms with E-state index in [2.05, 4.69) is 5.32 Å². The topological polar surface area (TPSA) is 86.7 Å². The smallest absolute Gasteiger partial charge is 0.293 e. The molecule has 0 aliphatic carbocycles. The highest BCUT2D eigenvalue weighted by molar-refractivity contribution is 8.15. The standard InChI is InChI=1S/C16H20N2O4S/c1-10-4-5-11(2)12(8-10)18-15(21)13(23-16(18)22)9-14(20)17-6-3-7-19/h4-5,8,13,19H,3,6-7,9H2,1-2H3,(H,17,20). The van der Waals surface area contributed by atoms with Gasteiger partial charge in [-0.3, -0.25) is 14.4 Å². The van der Waals surface area contributed by atoms with Gasteiger partial charge in [-0.05, 0) is 49.2 Å². The van der Waals surface area contributed by atoms with Crippen molar-refractivity contribution in [2.24, 2.45) is 0 Å². The Balaban J connectivity index is 2.08. The maximum absolute atomic E-state index is 12.5. The van der Waals surface area contributed by atoms with Gasteiger partial charge in [0.05, 0.1) is 5.69 Å². The number of hydrogen-bond donors (Lipinski definition) is 2. The van der Waals surface area contributed by atoms with Gasteiger partial charge < -0.3 is 10.4 Å². The lowest BCUT2D eigenvalue weighted by molar-refractivity contribution is -0.124. The number of benzene rings is 1. The number of anilines is 1. The van der Waals surface area contributed by atoms with E-state index in [0.29, 0.717) is 18.7 Å². The molecular formula is C16H20N2O4S. The van der Waals surface area contributed by atoms with Crippen molar-refractivity contribution in [1.82, 2.24) is 5.32 Å². The molecule has 3 amide bonds. The Morgan fingerprint density at radius 2 is 2.09 bits per heavy atom. The van der Waals surface area contributed by atoms with E-state index in [0.717, 1.165) is 22.9 Å². The predicted octanol–water partition coefficient (Wildman–Crippen LogP) is 1.76. The summed E-state index contributed by atoms with van der Waals surface area (Å²) in [6.07, 6.45) is 0.424. The fourth-order valence-electron chi connectivity index (χ4n) is 2.31. The number of hydrogen-bond acceptors (Lipinski definition) is 5. The Morgan fingerprint density at radius 3 is 2.78 bits per heavy atom. The molecule has 1 aliphatic rings. The van der Waals surface area contributed by atoms with Gasteiger partial charge in [0.1, 0.15) is 5.25 Å². The van der Waals surface area contributed by atoms with Gasteiger partial charge in [0.15, 0.2) is 0 Å². The minimum Gasteiger partial charge on any atom is -0.396 e. The third-order valence-electron chi connectivity index (χ3n) is 3.55. The first-order valence-corrected chi connectivity index (χ1v) is 8.31. The maximum Gasteiger partial charge on any atom is 0.293 e. The number of rotatable bonds is 6. The van der Waals surface area contributed by atoms with Crippen molar-refractivity contribution in [2.75, 3.05) is 18.1 Å². The summed E-state index contributed by atoms with van der Waals surface area (Å²) >= 11 is 0.886. The molecule has 23 heavy (non-hydrogen) atoms. The molecule has 1 aromatic carbocycles. The molecule has 0 radical (unpaired) electrons. The average molecular weight is 336 g/mol. The fraction of sp³-hybridized carbons (Fsp3) is 0.438. The van der Waals surface area contributed by atoms with Crippen molar-refractivity contribution < 1.29 is 19.5 Å². The molecule has 6 nitrogen and oxygen atoms in total. The van der Waals surface area contributed by atoms with Gasteiger partial charge in [0.2, 0.25) is 11.8 Å². The molecule has 1 heterocycles. The number of aliphatic hydroxyl groups excluding tert-OH is 1. The van der Waals surface area contributed by atoms with Crippen LogP contribution in [0.25, 0.3) is 0 Å². The zero-order valence-electron chi connectivity index (χ0n) is 13.2. The van der Waals surface area contributed by atoms with Gasteiger partial charge >= 0.3 is 0 Å². The highest BCUT2D eigenvalue weighted by Crippen LogP contribution is 2.35. The van der Waals surface area contributed by atoms with Crippen LogP contribution < -0.4 is 10.2 Å². The van der Waals surface area contributed by atoms with Crippen molar-refractivity contribution in [1.29, 1.82) is 0 Å². The monoisotopic (exact) mass is 336 g/mol. The van der Waals surface area contributed by atoms with Crippen LogP contribution in [-0.4, -0.2) is 40.6 Å². The number of imide groups is 1. The summed E-state index contributed by atoms with van der Waals surface area (Å²) in [5.74, 6) is -0.647. The van der Waals surface area contributed by atoms with Crippen molar-refractivity contribution >= 4 is 34.5 Å². The summed E-state index contributed by atoms with van der Waals surface area (Å²) < 4.78 is 0. The van der Waals surface area contributed by atoms with E-state index in [4.69, 9.17) is 5.11 Å². The number of carbonyl (C=O) groups excluding carboxylic acids is 3. The highest BCUT2D eigenvalue weighted by atomic mass is 32.2. The molecule has 0 spiro atoms. The lowest BCUT2D eigenvalue weighted by Gasteiger charge is -2.17. The van der Waals surface area contributed by atoms with Crippen molar-refractivity contribution in [2.45, 2.75) is 31.9 Å². The second-order valence-corrected chi connectivity index (χ2v) is 6.62. The zero-order valence-corrected chi connectivity index (χ0v) is 14.0. The van der Waals surface area contributed by atoms with Gasteiger partial charge in [-0.25, -0.2) is 4.90 Å². The van der Waals surface area contributed by atoms with E-state index in [1.54, 1.807) is 6.07 Å². The Morgan fingerprint density at radius 1 is 1.35 bits per heavy atom. The van der Waals surface area contributed by atoms with E-state index in [1.807, 2.05) is 26.0 Å². The zero-order chi connectivity index (χ0) is 17.0. The Labute approximate surface area is 139 Å². The van der Waals surface area contributed by atoms with E-state index >= 15 is 0 Å². The maximum atomic E-state index is 12.5. The summed E-state index contributed by atoms with van der Waals surface area (Å²) in [6, 6.07) is 5.59. The van der Waals surface area contributed by atoms with Crippen LogP contribution in [0.15, 0.2) is 18.2 Å². The van der Waals surface area contributed by atoms with Crippen molar-refractivity contribution in [3.63, 3.8) is 0 Å². The molecule has 1 aromatic rings. The molecule has 0 aromatic heterocycles. The summed E-state index contributed by atoms with van der Waals surface area (Å²) in [7, 11) is 0. The third-order valence-corrected chi connectivity index (χ3v) is 4.59. The number of nitrogens with one attached hydrogen (secondary N) is 1. The Kier molecular flexibility index (Phi) is 5.79. The van der Waals surface area contributed by atoms with E-state index in [1.165, 1.54) is 4.90 Å². The van der Waals surface area contributed by atoms with Gasteiger partial charge in [-0.1, -0.05) is 12.1 Å².